The Kier molecular flexibility index (Phi) is 15.1. The molecule has 3 N–H and O–H groups in total. The molecule has 0 saturated carbocycles. The van der Waals surface area contributed by atoms with E-state index in [1.807, 2.05) is 13.0 Å². The van der Waals surface area contributed by atoms with Crippen LogP contribution in [0.2, 0.25) is 0 Å². The number of para-hydroxylation sites is 2. The fraction of sp³-hybridized carbons (Fsp3) is 0.366. The molecule has 0 saturated heterocycles. The van der Waals surface area contributed by atoms with Crippen LogP contribution in [0.4, 0.5) is 5.69 Å². The highest BCUT2D eigenvalue weighted by Crippen LogP contribution is 2.37. The number of hydrogen-bond donors (Lipinski definition) is 3. The first-order valence-electron chi connectivity index (χ1n) is 18.7. The number of rotatable bonds is 11. The topological polar surface area (TPSA) is 227 Å². The lowest BCUT2D eigenvalue weighted by molar-refractivity contribution is 0.0943. The molecule has 61 heavy (non-hydrogen) atoms. The molecule has 0 unspecified atom stereocenters. The summed E-state index contributed by atoms with van der Waals surface area (Å²) in [5.41, 5.74) is 8.56. The van der Waals surface area contributed by atoms with Crippen LogP contribution in [0.1, 0.15) is 68.9 Å². The second-order valence-corrected chi connectivity index (χ2v) is 20.5. The van der Waals surface area contributed by atoms with E-state index < -0.39 is 35.3 Å². The summed E-state index contributed by atoms with van der Waals surface area (Å²) in [6.07, 6.45) is 6.40. The summed E-state index contributed by atoms with van der Waals surface area (Å²) in [5.74, 6) is 1.45. The number of ether oxygens (including phenoxy) is 4. The number of methoxy groups -OCH3 is 4. The Morgan fingerprint density at radius 1 is 0.705 bits per heavy atom. The van der Waals surface area contributed by atoms with E-state index in [0.717, 1.165) is 11.1 Å². The van der Waals surface area contributed by atoms with Crippen molar-refractivity contribution in [2.75, 3.05) is 33.8 Å². The van der Waals surface area contributed by atoms with Crippen LogP contribution >= 0.6 is 0 Å². The van der Waals surface area contributed by atoms with Crippen LogP contribution in [0.5, 0.6) is 23.0 Å². The molecule has 0 spiro atoms. The molecule has 0 aliphatic carbocycles. The van der Waals surface area contributed by atoms with Gasteiger partial charge in [0.2, 0.25) is 5.96 Å². The Hall–Kier alpha value is -6.28. The summed E-state index contributed by atoms with van der Waals surface area (Å²) in [6.45, 7) is 13.3. The minimum absolute atomic E-state index is 0.244. The third-order valence-corrected chi connectivity index (χ3v) is 13.3. The Labute approximate surface area is 357 Å². The number of aryl methyl sites for hydroxylation is 2. The molecule has 18 nitrogen and oxygen atoms in total. The van der Waals surface area contributed by atoms with Crippen molar-refractivity contribution < 1.29 is 40.6 Å². The number of hydrogen-bond acceptors (Lipinski definition) is 13. The van der Waals surface area contributed by atoms with E-state index in [2.05, 4.69) is 40.7 Å². The largest absolute Gasteiger partial charge is 0.494 e. The zero-order valence-corrected chi connectivity index (χ0v) is 37.9. The van der Waals surface area contributed by atoms with Crippen LogP contribution in [-0.4, -0.2) is 91.4 Å². The number of guanidine groups is 1. The highest BCUT2D eigenvalue weighted by atomic mass is 32.2. The van der Waals surface area contributed by atoms with E-state index in [-0.39, 0.29) is 17.5 Å². The van der Waals surface area contributed by atoms with E-state index in [0.29, 0.717) is 51.3 Å². The van der Waals surface area contributed by atoms with Gasteiger partial charge in [-0.15, -0.1) is 14.6 Å². The molecule has 5 rings (SSSR count). The fourth-order valence-electron chi connectivity index (χ4n) is 5.24. The molecule has 5 aromatic rings. The number of sulfone groups is 1. The maximum absolute atomic E-state index is 13.0. The van der Waals surface area contributed by atoms with Gasteiger partial charge in [-0.2, -0.15) is 0 Å². The molecule has 3 aromatic heterocycles. The number of carbonyl (C=O) groups excluding carboxylic acids is 1. The van der Waals surface area contributed by atoms with Crippen molar-refractivity contribution in [1.29, 1.82) is 0 Å². The molecule has 0 atom stereocenters. The predicted octanol–water partition coefficient (Wildman–Crippen LogP) is 5.61. The Morgan fingerprint density at radius 2 is 1.23 bits per heavy atom. The van der Waals surface area contributed by atoms with E-state index in [9.17, 15) is 21.6 Å². The van der Waals surface area contributed by atoms with Crippen LogP contribution in [-0.2, 0) is 25.6 Å². The normalized spacial score (nSPS) is 12.1. The number of nitrogens with one attached hydrogen (secondary N) is 3. The van der Waals surface area contributed by atoms with Crippen molar-refractivity contribution in [3.05, 3.63) is 95.8 Å². The molecular weight excluding hydrogens is 827 g/mol. The van der Waals surface area contributed by atoms with Gasteiger partial charge in [-0.25, -0.2) is 16.8 Å². The van der Waals surface area contributed by atoms with Gasteiger partial charge in [-0.1, -0.05) is 12.1 Å². The number of sulfonamides is 1. The lowest BCUT2D eigenvalue weighted by Gasteiger charge is -2.21. The highest BCUT2D eigenvalue weighted by Gasteiger charge is 2.33. The van der Waals surface area contributed by atoms with Gasteiger partial charge in [0.1, 0.15) is 40.1 Å². The van der Waals surface area contributed by atoms with Crippen molar-refractivity contribution in [3.8, 4) is 40.1 Å². The minimum atomic E-state index is -3.96. The minimum Gasteiger partial charge on any atom is -0.494 e. The van der Waals surface area contributed by atoms with E-state index in [4.69, 9.17) is 18.9 Å². The summed E-state index contributed by atoms with van der Waals surface area (Å²) in [5, 5.41) is 11.4. The highest BCUT2D eigenvalue weighted by molar-refractivity contribution is 7.92. The maximum Gasteiger partial charge on any atom is 0.271 e. The van der Waals surface area contributed by atoms with E-state index >= 15 is 0 Å². The smallest absolute Gasteiger partial charge is 0.271 e. The molecule has 20 heteroatoms. The lowest BCUT2D eigenvalue weighted by atomic mass is 10.2. The first kappa shape index (κ1) is 47.4. The SMILES string of the molecule is COc1cccc(OC)c1-n1c(CS(=O)(=O)C(C)(C)C)nnc1-c1cncc(C)c1.COc1cccc(OC)c1NC(=NS(=O)(=O)C(C)(C)C)NNC(=O)c1cncc(C)c1. The van der Waals surface area contributed by atoms with Crippen molar-refractivity contribution >= 4 is 37.4 Å². The number of nitrogens with zero attached hydrogens (tertiary/aromatic N) is 6. The number of aromatic nitrogens is 5. The van der Waals surface area contributed by atoms with E-state index in [1.54, 1.807) is 108 Å². The van der Waals surface area contributed by atoms with Gasteiger partial charge in [-0.05, 0) is 103 Å². The average molecular weight is 880 g/mol. The monoisotopic (exact) mass is 879 g/mol. The molecule has 1 amide bonds. The molecule has 328 valence electrons. The maximum atomic E-state index is 13.0. The summed E-state index contributed by atoms with van der Waals surface area (Å²) in [4.78, 5) is 20.7. The first-order valence-corrected chi connectivity index (χ1v) is 21.8. The lowest BCUT2D eigenvalue weighted by Crippen LogP contribution is -2.46. The van der Waals surface area contributed by atoms with E-state index in [1.165, 1.54) is 41.2 Å². The molecule has 0 aliphatic rings. The van der Waals surface area contributed by atoms with Crippen LogP contribution < -0.4 is 35.1 Å². The summed E-state index contributed by atoms with van der Waals surface area (Å²) in [6, 6.07) is 13.9. The van der Waals surface area contributed by atoms with Crippen LogP contribution in [0.25, 0.3) is 17.1 Å². The second-order valence-electron chi connectivity index (χ2n) is 15.4. The number of carbonyl (C=O) groups is 1. The molecule has 0 aliphatic heterocycles. The van der Waals surface area contributed by atoms with Crippen LogP contribution in [0.15, 0.2) is 77.7 Å². The van der Waals surface area contributed by atoms with Gasteiger partial charge >= 0.3 is 0 Å². The van der Waals surface area contributed by atoms with Gasteiger partial charge in [0.05, 0.1) is 43.5 Å². The molecule has 3 heterocycles. The standard InChI is InChI=1S/C21H26N4O4S.C20H27N5O5S/c1-14-10-15(12-22-11-14)20-24-23-18(13-30(26,27)21(2,3)4)25(20)19-16(28-5)8-7-9-17(19)29-6;1-13-10-14(12-21-11-13)18(26)23-24-19(25-31(27,28)20(2,3)4)22-17-15(29-5)8-7-9-16(17)30-6/h7-12H,13H2,1-6H3;7-12H,1-6H3,(H,23,26)(H2,22,24,25). The van der Waals surface area contributed by atoms with Gasteiger partial charge in [0.25, 0.3) is 15.9 Å². The fourth-order valence-corrected chi connectivity index (χ4v) is 6.81. The summed E-state index contributed by atoms with van der Waals surface area (Å²) < 4.78 is 76.4. The molecule has 0 bridgehead atoms. The molecule has 0 fully saturated rings. The Balaban J connectivity index is 0.000000269. The number of benzene rings is 2. The molecule has 0 radical (unpaired) electrons. The van der Waals surface area contributed by atoms with Gasteiger partial charge in [0.15, 0.2) is 21.5 Å². The first-order chi connectivity index (χ1) is 28.6. The summed E-state index contributed by atoms with van der Waals surface area (Å²) in [7, 11) is -1.47. The number of pyridine rings is 2. The van der Waals surface area contributed by atoms with Crippen LogP contribution in [0.3, 0.4) is 0 Å². The van der Waals surface area contributed by atoms with Crippen LogP contribution in [0, 0.1) is 13.8 Å². The number of hydrazine groups is 1. The van der Waals surface area contributed by atoms with Gasteiger partial charge < -0.3 is 24.3 Å². The van der Waals surface area contributed by atoms with Crippen molar-refractivity contribution in [3.63, 3.8) is 0 Å². The third kappa shape index (κ3) is 11.5. The molecule has 2 aromatic carbocycles. The van der Waals surface area contributed by atoms with Crippen molar-refractivity contribution in [2.24, 2.45) is 4.40 Å². The molecular formula is C41H53N9O9S2. The Bertz CT molecular complexity index is 2560. The number of anilines is 1. The summed E-state index contributed by atoms with van der Waals surface area (Å²) >= 11 is 0. The number of amides is 1. The zero-order valence-electron chi connectivity index (χ0n) is 36.3. The second kappa shape index (κ2) is 19.4. The Morgan fingerprint density at radius 3 is 1.72 bits per heavy atom. The predicted molar refractivity (Wildman–Crippen MR) is 234 cm³/mol. The van der Waals surface area contributed by atoms with Gasteiger partial charge in [0, 0.05) is 30.4 Å². The van der Waals surface area contributed by atoms with Gasteiger partial charge in [-0.3, -0.25) is 30.2 Å². The average Bonchev–Trinajstić information content (AvgIpc) is 3.60. The van der Waals surface area contributed by atoms with Crippen molar-refractivity contribution in [1.82, 2.24) is 35.6 Å². The quantitative estimate of drug-likeness (QED) is 0.0833. The third-order valence-electron chi connectivity index (χ3n) is 8.83. The van der Waals surface area contributed by atoms with Crippen molar-refractivity contribution in [2.45, 2.75) is 70.6 Å². The zero-order chi connectivity index (χ0) is 45.3.